The zero-order chi connectivity index (χ0) is 13.3. The first-order chi connectivity index (χ1) is 8.43. The third-order valence-electron chi connectivity index (χ3n) is 2.82. The molecule has 0 aliphatic carbocycles. The van der Waals surface area contributed by atoms with Crippen LogP contribution in [0.25, 0.3) is 11.3 Å². The summed E-state index contributed by atoms with van der Waals surface area (Å²) in [7, 11) is 0. The van der Waals surface area contributed by atoms with Gasteiger partial charge >= 0.3 is 6.18 Å². The van der Waals surface area contributed by atoms with Crippen LogP contribution in [0.15, 0.2) is 36.4 Å². The molecule has 5 heteroatoms. The summed E-state index contributed by atoms with van der Waals surface area (Å²) in [5, 5.41) is 0. The van der Waals surface area contributed by atoms with Gasteiger partial charge in [0.25, 0.3) is 0 Å². The van der Waals surface area contributed by atoms with Crippen LogP contribution in [0.2, 0.25) is 0 Å². The van der Waals surface area contributed by atoms with Crippen molar-refractivity contribution in [2.45, 2.75) is 19.6 Å². The fourth-order valence-corrected chi connectivity index (χ4v) is 1.94. The maximum atomic E-state index is 12.6. The molecule has 0 aliphatic heterocycles. The molecule has 0 saturated heterocycles. The van der Waals surface area contributed by atoms with Crippen molar-refractivity contribution in [1.29, 1.82) is 0 Å². The minimum atomic E-state index is -4.33. The van der Waals surface area contributed by atoms with E-state index < -0.39 is 11.7 Å². The van der Waals surface area contributed by atoms with Gasteiger partial charge in [-0.25, -0.2) is 0 Å². The van der Waals surface area contributed by atoms with E-state index >= 15 is 0 Å². The molecular weight excluding hydrogens is 241 g/mol. The van der Waals surface area contributed by atoms with E-state index in [1.54, 1.807) is 22.8 Å². The Bertz CT molecular complexity index is 556. The largest absolute Gasteiger partial charge is 0.416 e. The predicted molar refractivity (Wildman–Crippen MR) is 65.0 cm³/mol. The van der Waals surface area contributed by atoms with Crippen molar-refractivity contribution >= 4 is 5.82 Å². The van der Waals surface area contributed by atoms with Gasteiger partial charge < -0.3 is 10.3 Å². The van der Waals surface area contributed by atoms with E-state index in [1.807, 2.05) is 6.92 Å². The average Bonchev–Trinajstić information content (AvgIpc) is 2.69. The fourth-order valence-electron chi connectivity index (χ4n) is 1.94. The molecule has 96 valence electrons. The van der Waals surface area contributed by atoms with Gasteiger partial charge in [0.15, 0.2) is 0 Å². The zero-order valence-corrected chi connectivity index (χ0v) is 9.83. The number of nitrogens with two attached hydrogens (primary N) is 1. The monoisotopic (exact) mass is 254 g/mol. The molecular formula is C13H13F3N2. The number of benzene rings is 1. The van der Waals surface area contributed by atoms with E-state index in [9.17, 15) is 13.2 Å². The fraction of sp³-hybridized carbons (Fsp3) is 0.231. The first kappa shape index (κ1) is 12.5. The first-order valence-corrected chi connectivity index (χ1v) is 5.56. The molecule has 0 spiro atoms. The molecule has 0 fully saturated rings. The second-order valence-electron chi connectivity index (χ2n) is 3.97. The molecule has 0 radical (unpaired) electrons. The normalized spacial score (nSPS) is 11.8. The van der Waals surface area contributed by atoms with Crippen molar-refractivity contribution in [2.24, 2.45) is 0 Å². The summed E-state index contributed by atoms with van der Waals surface area (Å²) < 4.78 is 39.7. The summed E-state index contributed by atoms with van der Waals surface area (Å²) in [6.45, 7) is 2.51. The van der Waals surface area contributed by atoms with Crippen molar-refractivity contribution in [3.63, 3.8) is 0 Å². The van der Waals surface area contributed by atoms with Gasteiger partial charge in [0.05, 0.1) is 5.56 Å². The molecule has 1 heterocycles. The molecule has 0 atom stereocenters. The Labute approximate surface area is 103 Å². The highest BCUT2D eigenvalue weighted by molar-refractivity contribution is 5.64. The van der Waals surface area contributed by atoms with E-state index in [2.05, 4.69) is 0 Å². The van der Waals surface area contributed by atoms with Crippen LogP contribution >= 0.6 is 0 Å². The minimum absolute atomic E-state index is 0.517. The average molecular weight is 254 g/mol. The summed E-state index contributed by atoms with van der Waals surface area (Å²) in [4.78, 5) is 0. The Morgan fingerprint density at radius 1 is 1.17 bits per heavy atom. The number of anilines is 1. The number of rotatable bonds is 2. The van der Waals surface area contributed by atoms with Crippen LogP contribution in [0.1, 0.15) is 12.5 Å². The van der Waals surface area contributed by atoms with Crippen LogP contribution in [0.4, 0.5) is 19.0 Å². The first-order valence-electron chi connectivity index (χ1n) is 5.56. The van der Waals surface area contributed by atoms with Crippen molar-refractivity contribution in [3.8, 4) is 11.3 Å². The quantitative estimate of drug-likeness (QED) is 0.868. The summed E-state index contributed by atoms with van der Waals surface area (Å²) in [6.07, 6.45) is -4.33. The number of alkyl halides is 3. The number of nitrogen functional groups attached to an aromatic ring is 1. The minimum Gasteiger partial charge on any atom is -0.385 e. The van der Waals surface area contributed by atoms with Gasteiger partial charge in [-0.05, 0) is 36.8 Å². The number of aromatic nitrogens is 1. The van der Waals surface area contributed by atoms with Gasteiger partial charge in [-0.15, -0.1) is 0 Å². The van der Waals surface area contributed by atoms with Crippen molar-refractivity contribution in [1.82, 2.24) is 4.57 Å². The van der Waals surface area contributed by atoms with Gasteiger partial charge in [0.1, 0.15) is 5.82 Å². The van der Waals surface area contributed by atoms with Crippen molar-refractivity contribution < 1.29 is 13.2 Å². The molecule has 18 heavy (non-hydrogen) atoms. The molecule has 1 aromatic carbocycles. The number of nitrogens with zero attached hydrogens (tertiary/aromatic N) is 1. The number of hydrogen-bond donors (Lipinski definition) is 1. The summed E-state index contributed by atoms with van der Waals surface area (Å²) >= 11 is 0. The lowest BCUT2D eigenvalue weighted by Crippen LogP contribution is -2.06. The SMILES string of the molecule is CCn1c(N)ccc1-c1cccc(C(F)(F)F)c1. The van der Waals surface area contributed by atoms with E-state index in [4.69, 9.17) is 5.73 Å². The Morgan fingerprint density at radius 2 is 1.89 bits per heavy atom. The van der Waals surface area contributed by atoms with E-state index in [0.717, 1.165) is 12.1 Å². The van der Waals surface area contributed by atoms with Crippen LogP contribution in [0, 0.1) is 0 Å². The van der Waals surface area contributed by atoms with Gasteiger partial charge in [-0.2, -0.15) is 13.2 Å². The molecule has 0 amide bonds. The highest BCUT2D eigenvalue weighted by atomic mass is 19.4. The topological polar surface area (TPSA) is 30.9 Å². The Morgan fingerprint density at radius 3 is 2.50 bits per heavy atom. The highest BCUT2D eigenvalue weighted by Gasteiger charge is 2.30. The second kappa shape index (κ2) is 4.40. The summed E-state index contributed by atoms with van der Waals surface area (Å²) in [5.41, 5.74) is 6.32. The molecule has 0 unspecified atom stereocenters. The van der Waals surface area contributed by atoms with Crippen LogP contribution in [-0.4, -0.2) is 4.57 Å². The van der Waals surface area contributed by atoms with E-state index in [-0.39, 0.29) is 0 Å². The van der Waals surface area contributed by atoms with Gasteiger partial charge in [0, 0.05) is 12.2 Å². The van der Waals surface area contributed by atoms with Gasteiger partial charge in [0.2, 0.25) is 0 Å². The molecule has 0 saturated carbocycles. The van der Waals surface area contributed by atoms with Crippen LogP contribution in [-0.2, 0) is 12.7 Å². The van der Waals surface area contributed by atoms with Crippen LogP contribution in [0.5, 0.6) is 0 Å². The molecule has 0 aliphatic rings. The molecule has 2 rings (SSSR count). The van der Waals surface area contributed by atoms with Crippen LogP contribution in [0.3, 0.4) is 0 Å². The Kier molecular flexibility index (Phi) is 3.07. The van der Waals surface area contributed by atoms with Crippen LogP contribution < -0.4 is 5.73 Å². The Hall–Kier alpha value is -1.91. The van der Waals surface area contributed by atoms with Gasteiger partial charge in [-0.3, -0.25) is 0 Å². The predicted octanol–water partition coefficient (Wildman–Crippen LogP) is 3.78. The molecule has 2 aromatic rings. The van der Waals surface area contributed by atoms with Crippen molar-refractivity contribution in [3.05, 3.63) is 42.0 Å². The Balaban J connectivity index is 2.51. The smallest absolute Gasteiger partial charge is 0.385 e. The highest BCUT2D eigenvalue weighted by Crippen LogP contribution is 2.32. The molecule has 1 aromatic heterocycles. The summed E-state index contributed by atoms with van der Waals surface area (Å²) in [5.74, 6) is 0.546. The maximum absolute atomic E-state index is 12.6. The van der Waals surface area contributed by atoms with Gasteiger partial charge in [-0.1, -0.05) is 12.1 Å². The van der Waals surface area contributed by atoms with Crippen molar-refractivity contribution in [2.75, 3.05) is 5.73 Å². The lowest BCUT2D eigenvalue weighted by Gasteiger charge is -2.11. The zero-order valence-electron chi connectivity index (χ0n) is 9.83. The number of hydrogen-bond acceptors (Lipinski definition) is 1. The third-order valence-corrected chi connectivity index (χ3v) is 2.82. The van der Waals surface area contributed by atoms with E-state index in [0.29, 0.717) is 23.6 Å². The summed E-state index contributed by atoms with van der Waals surface area (Å²) in [6, 6.07) is 8.68. The lowest BCUT2D eigenvalue weighted by molar-refractivity contribution is -0.137. The third kappa shape index (κ3) is 2.20. The molecule has 2 N–H and O–H groups in total. The standard InChI is InChI=1S/C13H13F3N2/c1-2-18-11(6-7-12(18)17)9-4-3-5-10(8-9)13(14,15)16/h3-8H,2,17H2,1H3. The maximum Gasteiger partial charge on any atom is 0.416 e. The lowest BCUT2D eigenvalue weighted by atomic mass is 10.1. The number of halogens is 3. The second-order valence-corrected chi connectivity index (χ2v) is 3.97. The molecule has 2 nitrogen and oxygen atoms in total. The molecule has 0 bridgehead atoms. The van der Waals surface area contributed by atoms with E-state index in [1.165, 1.54) is 6.07 Å².